The first-order valence-corrected chi connectivity index (χ1v) is 8.24. The summed E-state index contributed by atoms with van der Waals surface area (Å²) in [7, 11) is 0. The first-order chi connectivity index (χ1) is 9.49. The molecule has 1 fully saturated rings. The lowest BCUT2D eigenvalue weighted by Crippen LogP contribution is -2.42. The zero-order valence-corrected chi connectivity index (χ0v) is 13.7. The first-order valence-electron chi connectivity index (χ1n) is 8.24. The van der Waals surface area contributed by atoms with E-state index in [1.165, 1.54) is 31.5 Å². The zero-order valence-electron chi connectivity index (χ0n) is 13.7. The number of nitrogens with one attached hydrogen (secondary N) is 1. The number of nitrogens with zero attached hydrogens (tertiary/aromatic N) is 2. The van der Waals surface area contributed by atoms with Crippen molar-refractivity contribution in [2.24, 2.45) is 11.8 Å². The highest BCUT2D eigenvalue weighted by Crippen LogP contribution is 2.32. The van der Waals surface area contributed by atoms with Crippen molar-refractivity contribution in [1.29, 1.82) is 0 Å². The smallest absolute Gasteiger partial charge is 0.108 e. The van der Waals surface area contributed by atoms with E-state index in [9.17, 15) is 0 Å². The fraction of sp³-hybridized carbons (Fsp3) is 0.824. The Bertz CT molecular complexity index is 403. The maximum Gasteiger partial charge on any atom is 0.108 e. The predicted molar refractivity (Wildman–Crippen MR) is 84.8 cm³/mol. The van der Waals surface area contributed by atoms with Gasteiger partial charge in [-0.15, -0.1) is 0 Å². The summed E-state index contributed by atoms with van der Waals surface area (Å²) < 4.78 is 2.29. The summed E-state index contributed by atoms with van der Waals surface area (Å²) in [5.41, 5.74) is 0.226. The average molecular weight is 277 g/mol. The van der Waals surface area contributed by atoms with E-state index in [-0.39, 0.29) is 5.54 Å². The van der Waals surface area contributed by atoms with E-state index in [0.29, 0.717) is 0 Å². The summed E-state index contributed by atoms with van der Waals surface area (Å²) in [6, 6.07) is 0. The van der Waals surface area contributed by atoms with Crippen molar-refractivity contribution in [3.05, 3.63) is 18.2 Å². The van der Waals surface area contributed by atoms with Gasteiger partial charge in [0.25, 0.3) is 0 Å². The number of rotatable bonds is 5. The third-order valence-electron chi connectivity index (χ3n) is 4.55. The molecule has 0 aliphatic heterocycles. The van der Waals surface area contributed by atoms with Crippen LogP contribution in [0.2, 0.25) is 0 Å². The molecule has 20 heavy (non-hydrogen) atoms. The Morgan fingerprint density at radius 1 is 1.25 bits per heavy atom. The van der Waals surface area contributed by atoms with Gasteiger partial charge in [-0.3, -0.25) is 0 Å². The molecule has 1 aromatic rings. The summed E-state index contributed by atoms with van der Waals surface area (Å²) in [5.74, 6) is 2.89. The minimum atomic E-state index is 0.226. The molecule has 0 amide bonds. The van der Waals surface area contributed by atoms with Gasteiger partial charge in [-0.1, -0.05) is 12.8 Å². The molecular weight excluding hydrogens is 246 g/mol. The monoisotopic (exact) mass is 277 g/mol. The molecule has 0 bridgehead atoms. The lowest BCUT2D eigenvalue weighted by Gasteiger charge is -2.34. The van der Waals surface area contributed by atoms with Crippen LogP contribution in [0.25, 0.3) is 0 Å². The molecule has 1 aromatic heterocycles. The van der Waals surface area contributed by atoms with Gasteiger partial charge < -0.3 is 9.88 Å². The van der Waals surface area contributed by atoms with Crippen LogP contribution in [0.1, 0.15) is 59.2 Å². The quantitative estimate of drug-likeness (QED) is 0.890. The maximum atomic E-state index is 4.57. The Labute approximate surface area is 124 Å². The first kappa shape index (κ1) is 15.6. The summed E-state index contributed by atoms with van der Waals surface area (Å²) >= 11 is 0. The van der Waals surface area contributed by atoms with E-state index in [2.05, 4.69) is 48.8 Å². The summed E-state index contributed by atoms with van der Waals surface area (Å²) in [6.45, 7) is 11.2. The SMILES string of the molecule is CCn1ccnc1CC1CCCCC1CNC(C)(C)C. The standard InChI is InChI=1S/C17H31N3/c1-5-20-11-10-18-16(20)12-14-8-6-7-9-15(14)13-19-17(2,3)4/h10-11,14-15,19H,5-9,12-13H2,1-4H3. The lowest BCUT2D eigenvalue weighted by molar-refractivity contribution is 0.210. The highest BCUT2D eigenvalue weighted by Gasteiger charge is 2.27. The van der Waals surface area contributed by atoms with Crippen LogP contribution in [-0.2, 0) is 13.0 Å². The third kappa shape index (κ3) is 4.34. The number of imidazole rings is 1. The van der Waals surface area contributed by atoms with E-state index in [4.69, 9.17) is 0 Å². The van der Waals surface area contributed by atoms with Gasteiger partial charge in [-0.2, -0.15) is 0 Å². The van der Waals surface area contributed by atoms with Crippen molar-refractivity contribution >= 4 is 0 Å². The van der Waals surface area contributed by atoms with E-state index in [0.717, 1.165) is 31.3 Å². The highest BCUT2D eigenvalue weighted by molar-refractivity contribution is 4.96. The molecule has 2 rings (SSSR count). The fourth-order valence-corrected chi connectivity index (χ4v) is 3.31. The van der Waals surface area contributed by atoms with Crippen LogP contribution in [0.3, 0.4) is 0 Å². The number of hydrogen-bond donors (Lipinski definition) is 1. The molecule has 3 heteroatoms. The van der Waals surface area contributed by atoms with Gasteiger partial charge in [0.2, 0.25) is 0 Å². The van der Waals surface area contributed by atoms with Gasteiger partial charge in [0.15, 0.2) is 0 Å². The van der Waals surface area contributed by atoms with Crippen molar-refractivity contribution in [1.82, 2.24) is 14.9 Å². The third-order valence-corrected chi connectivity index (χ3v) is 4.55. The Kier molecular flexibility index (Phi) is 5.25. The van der Waals surface area contributed by atoms with Crippen LogP contribution < -0.4 is 5.32 Å². The van der Waals surface area contributed by atoms with Crippen molar-refractivity contribution in [2.45, 2.75) is 71.9 Å². The molecule has 1 aliphatic carbocycles. The van der Waals surface area contributed by atoms with Crippen molar-refractivity contribution in [2.75, 3.05) is 6.54 Å². The van der Waals surface area contributed by atoms with E-state index >= 15 is 0 Å². The molecule has 0 aromatic carbocycles. The minimum absolute atomic E-state index is 0.226. The van der Waals surface area contributed by atoms with E-state index < -0.39 is 0 Å². The van der Waals surface area contributed by atoms with Gasteiger partial charge >= 0.3 is 0 Å². The Balaban J connectivity index is 1.96. The van der Waals surface area contributed by atoms with Crippen molar-refractivity contribution in [3.8, 4) is 0 Å². The minimum Gasteiger partial charge on any atom is -0.335 e. The summed E-state index contributed by atoms with van der Waals surface area (Å²) in [4.78, 5) is 4.57. The Hall–Kier alpha value is -0.830. The number of aromatic nitrogens is 2. The molecule has 3 nitrogen and oxygen atoms in total. The fourth-order valence-electron chi connectivity index (χ4n) is 3.31. The molecule has 1 saturated carbocycles. The second-order valence-corrected chi connectivity index (χ2v) is 7.27. The molecule has 1 heterocycles. The topological polar surface area (TPSA) is 29.9 Å². The number of aryl methyl sites for hydroxylation is 1. The number of hydrogen-bond acceptors (Lipinski definition) is 2. The normalized spacial score (nSPS) is 24.0. The Morgan fingerprint density at radius 2 is 1.95 bits per heavy atom. The van der Waals surface area contributed by atoms with Crippen LogP contribution in [0.4, 0.5) is 0 Å². The van der Waals surface area contributed by atoms with Crippen LogP contribution in [0.15, 0.2) is 12.4 Å². The van der Waals surface area contributed by atoms with Crippen LogP contribution in [-0.4, -0.2) is 21.6 Å². The maximum absolute atomic E-state index is 4.57. The van der Waals surface area contributed by atoms with E-state index in [1.807, 2.05) is 6.20 Å². The van der Waals surface area contributed by atoms with Crippen LogP contribution in [0, 0.1) is 11.8 Å². The average Bonchev–Trinajstić information content (AvgIpc) is 2.84. The molecular formula is C17H31N3. The second-order valence-electron chi connectivity index (χ2n) is 7.27. The van der Waals surface area contributed by atoms with E-state index in [1.54, 1.807) is 0 Å². The second kappa shape index (κ2) is 6.75. The molecule has 2 unspecified atom stereocenters. The molecule has 2 atom stereocenters. The summed E-state index contributed by atoms with van der Waals surface area (Å²) in [6.07, 6.45) is 10.7. The molecule has 0 saturated heterocycles. The molecule has 0 radical (unpaired) electrons. The predicted octanol–water partition coefficient (Wildman–Crippen LogP) is 3.64. The molecule has 114 valence electrons. The summed E-state index contributed by atoms with van der Waals surface area (Å²) in [5, 5.41) is 3.70. The Morgan fingerprint density at radius 3 is 2.60 bits per heavy atom. The van der Waals surface area contributed by atoms with Gasteiger partial charge in [-0.05, 0) is 58.9 Å². The van der Waals surface area contributed by atoms with Crippen LogP contribution >= 0.6 is 0 Å². The van der Waals surface area contributed by atoms with Crippen molar-refractivity contribution < 1.29 is 0 Å². The lowest BCUT2D eigenvalue weighted by atomic mass is 9.77. The molecule has 1 aliphatic rings. The van der Waals surface area contributed by atoms with Crippen molar-refractivity contribution in [3.63, 3.8) is 0 Å². The van der Waals surface area contributed by atoms with Gasteiger partial charge in [0.05, 0.1) is 0 Å². The zero-order chi connectivity index (χ0) is 14.6. The highest BCUT2D eigenvalue weighted by atomic mass is 15.1. The van der Waals surface area contributed by atoms with Crippen LogP contribution in [0.5, 0.6) is 0 Å². The van der Waals surface area contributed by atoms with Gasteiger partial charge in [0, 0.05) is 30.9 Å². The molecule has 0 spiro atoms. The largest absolute Gasteiger partial charge is 0.335 e. The van der Waals surface area contributed by atoms with Gasteiger partial charge in [-0.25, -0.2) is 4.98 Å². The molecule has 1 N–H and O–H groups in total. The van der Waals surface area contributed by atoms with Gasteiger partial charge in [0.1, 0.15) is 5.82 Å².